The number of fused-ring (bicyclic) bond motifs is 1. The summed E-state index contributed by atoms with van der Waals surface area (Å²) in [4.78, 5) is 21.8. The second kappa shape index (κ2) is 4.73. The number of carboxylic acid groups (broad SMARTS) is 1. The van der Waals surface area contributed by atoms with Crippen molar-refractivity contribution in [3.63, 3.8) is 0 Å². The highest BCUT2D eigenvalue weighted by Gasteiger charge is 2.27. The monoisotopic (exact) mass is 275 g/mol. The average molecular weight is 275 g/mol. The fourth-order valence-corrected chi connectivity index (χ4v) is 2.65. The number of anilines is 1. The Kier molecular flexibility index (Phi) is 3.04. The van der Waals surface area contributed by atoms with E-state index in [0.717, 1.165) is 30.8 Å². The summed E-state index contributed by atoms with van der Waals surface area (Å²) in [5.41, 5.74) is 1.87. The first-order chi connectivity index (χ1) is 9.54. The Balaban J connectivity index is 1.94. The molecule has 7 nitrogen and oxygen atoms in total. The average Bonchev–Trinajstić information content (AvgIpc) is 2.83. The van der Waals surface area contributed by atoms with Gasteiger partial charge in [-0.2, -0.15) is 9.50 Å². The minimum Gasteiger partial charge on any atom is -0.481 e. The quantitative estimate of drug-likeness (QED) is 0.881. The molecule has 1 atom stereocenters. The molecule has 2 aromatic heterocycles. The van der Waals surface area contributed by atoms with Gasteiger partial charge in [0.1, 0.15) is 0 Å². The number of carbonyl (C=O) groups is 1. The molecule has 0 radical (unpaired) electrons. The maximum atomic E-state index is 11.1. The van der Waals surface area contributed by atoms with Crippen molar-refractivity contribution in [1.29, 1.82) is 0 Å². The maximum absolute atomic E-state index is 11.1. The van der Waals surface area contributed by atoms with Gasteiger partial charge in [-0.15, -0.1) is 5.10 Å². The van der Waals surface area contributed by atoms with Gasteiger partial charge in [0.25, 0.3) is 5.78 Å². The highest BCUT2D eigenvalue weighted by Crippen LogP contribution is 2.21. The van der Waals surface area contributed by atoms with Gasteiger partial charge in [-0.25, -0.2) is 4.98 Å². The van der Waals surface area contributed by atoms with Crippen LogP contribution in [0.3, 0.4) is 0 Å². The molecule has 1 N–H and O–H groups in total. The normalized spacial score (nSPS) is 19.5. The fourth-order valence-electron chi connectivity index (χ4n) is 2.65. The lowest BCUT2D eigenvalue weighted by molar-refractivity contribution is -0.141. The van der Waals surface area contributed by atoms with Crippen molar-refractivity contribution in [2.24, 2.45) is 5.92 Å². The van der Waals surface area contributed by atoms with E-state index in [0.29, 0.717) is 18.3 Å². The van der Waals surface area contributed by atoms with E-state index in [1.54, 1.807) is 4.52 Å². The van der Waals surface area contributed by atoms with Crippen LogP contribution in [0.5, 0.6) is 0 Å². The predicted molar refractivity (Wildman–Crippen MR) is 72.8 cm³/mol. The lowest BCUT2D eigenvalue weighted by Gasteiger charge is -2.29. The zero-order chi connectivity index (χ0) is 14.3. The number of piperidine rings is 1. The molecule has 0 spiro atoms. The van der Waals surface area contributed by atoms with Crippen molar-refractivity contribution in [1.82, 2.24) is 19.6 Å². The number of aryl methyl sites for hydroxylation is 2. The second-order valence-corrected chi connectivity index (χ2v) is 5.29. The topological polar surface area (TPSA) is 83.6 Å². The molecule has 0 unspecified atom stereocenters. The Morgan fingerprint density at radius 1 is 1.40 bits per heavy atom. The third-order valence-corrected chi connectivity index (χ3v) is 3.66. The standard InChI is InChI=1S/C13H17N5O2/c1-8-6-9(2)18-12(14-8)15-13(16-18)17-5-3-4-10(7-17)11(19)20/h6,10H,3-5,7H2,1-2H3,(H,19,20)/t10-/m0/s1. The van der Waals surface area contributed by atoms with E-state index >= 15 is 0 Å². The maximum Gasteiger partial charge on any atom is 0.308 e. The van der Waals surface area contributed by atoms with Gasteiger partial charge in [0.2, 0.25) is 5.95 Å². The molecule has 0 bridgehead atoms. The minimum atomic E-state index is -0.747. The Morgan fingerprint density at radius 3 is 2.95 bits per heavy atom. The van der Waals surface area contributed by atoms with Crippen LogP contribution in [-0.2, 0) is 4.79 Å². The number of aliphatic carboxylic acids is 1. The summed E-state index contributed by atoms with van der Waals surface area (Å²) >= 11 is 0. The van der Waals surface area contributed by atoms with E-state index < -0.39 is 5.97 Å². The number of hydrogen-bond acceptors (Lipinski definition) is 5. The van der Waals surface area contributed by atoms with E-state index in [4.69, 9.17) is 5.11 Å². The van der Waals surface area contributed by atoms with Crippen molar-refractivity contribution in [2.75, 3.05) is 18.0 Å². The SMILES string of the molecule is Cc1cc(C)n2nc(N3CCC[C@H](C(=O)O)C3)nc2n1. The van der Waals surface area contributed by atoms with Gasteiger partial charge in [0.05, 0.1) is 5.92 Å². The summed E-state index contributed by atoms with van der Waals surface area (Å²) in [5.74, 6) is 0.0434. The molecule has 2 aromatic rings. The lowest BCUT2D eigenvalue weighted by atomic mass is 9.99. The van der Waals surface area contributed by atoms with E-state index in [2.05, 4.69) is 15.1 Å². The summed E-state index contributed by atoms with van der Waals surface area (Å²) in [7, 11) is 0. The molecule has 3 rings (SSSR count). The smallest absolute Gasteiger partial charge is 0.308 e. The molecule has 106 valence electrons. The van der Waals surface area contributed by atoms with Gasteiger partial charge in [-0.05, 0) is 32.8 Å². The number of rotatable bonds is 2. The van der Waals surface area contributed by atoms with Gasteiger partial charge in [-0.3, -0.25) is 4.79 Å². The van der Waals surface area contributed by atoms with E-state index in [1.807, 2.05) is 24.8 Å². The summed E-state index contributed by atoms with van der Waals surface area (Å²) in [6, 6.07) is 1.95. The summed E-state index contributed by atoms with van der Waals surface area (Å²) in [6.07, 6.45) is 1.56. The lowest BCUT2D eigenvalue weighted by Crippen LogP contribution is -2.39. The molecule has 0 saturated carbocycles. The Morgan fingerprint density at radius 2 is 2.20 bits per heavy atom. The van der Waals surface area contributed by atoms with Crippen molar-refractivity contribution in [3.05, 3.63) is 17.5 Å². The number of carboxylic acids is 1. The molecule has 1 aliphatic rings. The number of nitrogens with zero attached hydrogens (tertiary/aromatic N) is 5. The molecule has 1 aliphatic heterocycles. The molecular formula is C13H17N5O2. The van der Waals surface area contributed by atoms with Crippen LogP contribution in [0.2, 0.25) is 0 Å². The van der Waals surface area contributed by atoms with E-state index in [9.17, 15) is 4.79 Å². The van der Waals surface area contributed by atoms with Gasteiger partial charge in [-0.1, -0.05) is 0 Å². The largest absolute Gasteiger partial charge is 0.481 e. The van der Waals surface area contributed by atoms with Crippen LogP contribution in [-0.4, -0.2) is 43.7 Å². The first-order valence-electron chi connectivity index (χ1n) is 6.73. The van der Waals surface area contributed by atoms with Crippen LogP contribution in [0, 0.1) is 19.8 Å². The molecule has 3 heterocycles. The number of hydrogen-bond donors (Lipinski definition) is 1. The van der Waals surface area contributed by atoms with Crippen LogP contribution in [0.1, 0.15) is 24.2 Å². The molecule has 1 saturated heterocycles. The summed E-state index contributed by atoms with van der Waals surface area (Å²) in [5, 5.41) is 13.6. The van der Waals surface area contributed by atoms with Gasteiger partial charge in [0, 0.05) is 24.5 Å². The van der Waals surface area contributed by atoms with Crippen molar-refractivity contribution < 1.29 is 9.90 Å². The zero-order valence-corrected chi connectivity index (χ0v) is 11.6. The molecule has 0 aromatic carbocycles. The molecule has 20 heavy (non-hydrogen) atoms. The predicted octanol–water partition coefficient (Wildman–Crippen LogP) is 1.04. The van der Waals surface area contributed by atoms with Crippen LogP contribution < -0.4 is 4.90 Å². The Labute approximate surface area is 116 Å². The van der Waals surface area contributed by atoms with Crippen LogP contribution in [0.4, 0.5) is 5.95 Å². The van der Waals surface area contributed by atoms with E-state index in [1.165, 1.54) is 0 Å². The molecule has 0 aliphatic carbocycles. The molecule has 7 heteroatoms. The first kappa shape index (κ1) is 12.8. The van der Waals surface area contributed by atoms with Crippen LogP contribution >= 0.6 is 0 Å². The van der Waals surface area contributed by atoms with Gasteiger partial charge >= 0.3 is 5.97 Å². The highest BCUT2D eigenvalue weighted by atomic mass is 16.4. The molecular weight excluding hydrogens is 258 g/mol. The van der Waals surface area contributed by atoms with E-state index in [-0.39, 0.29) is 5.92 Å². The minimum absolute atomic E-state index is 0.342. The highest BCUT2D eigenvalue weighted by molar-refractivity contribution is 5.71. The van der Waals surface area contributed by atoms with Crippen molar-refractivity contribution in [3.8, 4) is 0 Å². The Hall–Kier alpha value is -2.18. The zero-order valence-electron chi connectivity index (χ0n) is 11.6. The fraction of sp³-hybridized carbons (Fsp3) is 0.538. The van der Waals surface area contributed by atoms with Crippen molar-refractivity contribution in [2.45, 2.75) is 26.7 Å². The number of aromatic nitrogens is 4. The van der Waals surface area contributed by atoms with Gasteiger partial charge < -0.3 is 10.0 Å². The summed E-state index contributed by atoms with van der Waals surface area (Å²) in [6.45, 7) is 5.13. The third-order valence-electron chi connectivity index (χ3n) is 3.66. The Bertz CT molecular complexity index is 666. The van der Waals surface area contributed by atoms with Gasteiger partial charge in [0.15, 0.2) is 0 Å². The second-order valence-electron chi connectivity index (χ2n) is 5.29. The third kappa shape index (κ3) is 2.19. The van der Waals surface area contributed by atoms with Crippen molar-refractivity contribution >= 4 is 17.7 Å². The summed E-state index contributed by atoms with van der Waals surface area (Å²) < 4.78 is 1.70. The molecule has 0 amide bonds. The first-order valence-corrected chi connectivity index (χ1v) is 6.73. The van der Waals surface area contributed by atoms with Crippen LogP contribution in [0.25, 0.3) is 5.78 Å². The van der Waals surface area contributed by atoms with Crippen LogP contribution in [0.15, 0.2) is 6.07 Å². The molecule has 1 fully saturated rings.